The van der Waals surface area contributed by atoms with E-state index in [1.165, 1.54) is 18.2 Å². The number of phenols is 1. The van der Waals surface area contributed by atoms with Gasteiger partial charge in [-0.3, -0.25) is 19.8 Å². The zero-order valence-electron chi connectivity index (χ0n) is 14.2. The maximum atomic E-state index is 12.2. The Kier molecular flexibility index (Phi) is 4.54. The highest BCUT2D eigenvalue weighted by molar-refractivity contribution is 5.43. The molecule has 1 aromatic carbocycles. The number of aromatic amines is 1. The molecule has 8 nitrogen and oxygen atoms in total. The first kappa shape index (κ1) is 17.1. The molecule has 1 aromatic heterocycles. The number of non-ortho nitro benzene ring substituents is 1. The molecule has 0 fully saturated rings. The Morgan fingerprint density at radius 3 is 2.88 bits per heavy atom. The third-order valence-electron chi connectivity index (χ3n) is 4.39. The van der Waals surface area contributed by atoms with Gasteiger partial charge in [0.2, 0.25) is 0 Å². The van der Waals surface area contributed by atoms with E-state index in [0.29, 0.717) is 43.0 Å². The monoisotopic (exact) mass is 344 g/mol. The van der Waals surface area contributed by atoms with Gasteiger partial charge >= 0.3 is 0 Å². The van der Waals surface area contributed by atoms with Crippen LogP contribution in [0.1, 0.15) is 42.4 Å². The minimum absolute atomic E-state index is 0.0261. The molecule has 2 heterocycles. The number of nitro benzene ring substituents is 1. The fraction of sp³-hybridized carbons (Fsp3) is 0.412. The average molecular weight is 344 g/mol. The minimum atomic E-state index is -0.482. The number of nitro groups is 1. The van der Waals surface area contributed by atoms with Crippen molar-refractivity contribution in [1.82, 2.24) is 14.9 Å². The number of benzene rings is 1. The molecule has 0 amide bonds. The number of hydrogen-bond acceptors (Lipinski definition) is 6. The summed E-state index contributed by atoms with van der Waals surface area (Å²) in [5, 5.41) is 20.9. The highest BCUT2D eigenvalue weighted by Crippen LogP contribution is 2.26. The molecule has 0 radical (unpaired) electrons. The van der Waals surface area contributed by atoms with Gasteiger partial charge in [-0.25, -0.2) is 4.98 Å². The van der Waals surface area contributed by atoms with E-state index in [4.69, 9.17) is 0 Å². The highest BCUT2D eigenvalue weighted by Gasteiger charge is 2.23. The predicted octanol–water partition coefficient (Wildman–Crippen LogP) is 2.07. The van der Waals surface area contributed by atoms with Crippen molar-refractivity contribution in [1.29, 1.82) is 0 Å². The summed E-state index contributed by atoms with van der Waals surface area (Å²) in [6.07, 6.45) is 0.561. The van der Waals surface area contributed by atoms with Crippen molar-refractivity contribution in [3.05, 3.63) is 61.3 Å². The molecule has 0 spiro atoms. The molecule has 1 aliphatic rings. The molecule has 2 aromatic rings. The van der Waals surface area contributed by atoms with Crippen molar-refractivity contribution in [3.63, 3.8) is 0 Å². The lowest BCUT2D eigenvalue weighted by Crippen LogP contribution is -2.35. The molecule has 0 atom stereocenters. The second kappa shape index (κ2) is 6.64. The van der Waals surface area contributed by atoms with Gasteiger partial charge in [0.1, 0.15) is 11.6 Å². The lowest BCUT2D eigenvalue weighted by atomic mass is 10.0. The van der Waals surface area contributed by atoms with Crippen LogP contribution in [0.25, 0.3) is 0 Å². The van der Waals surface area contributed by atoms with Crippen LogP contribution >= 0.6 is 0 Å². The smallest absolute Gasteiger partial charge is 0.270 e. The van der Waals surface area contributed by atoms with E-state index < -0.39 is 4.92 Å². The fourth-order valence-electron chi connectivity index (χ4n) is 2.97. The Morgan fingerprint density at radius 1 is 1.44 bits per heavy atom. The number of fused-ring (bicyclic) bond motifs is 1. The van der Waals surface area contributed by atoms with Crippen molar-refractivity contribution in [2.75, 3.05) is 6.54 Å². The van der Waals surface area contributed by atoms with Crippen LogP contribution in [0.15, 0.2) is 23.0 Å². The van der Waals surface area contributed by atoms with E-state index >= 15 is 0 Å². The van der Waals surface area contributed by atoms with E-state index in [1.807, 2.05) is 18.7 Å². The fourth-order valence-corrected chi connectivity index (χ4v) is 2.97. The SMILES string of the molecule is CC(C)c1nc2c(c(=O)[nH]1)CCN(Cc1cc([N+](=O)[O-])ccc1O)C2. The van der Waals surface area contributed by atoms with E-state index in [9.17, 15) is 20.0 Å². The van der Waals surface area contributed by atoms with Gasteiger partial charge < -0.3 is 10.1 Å². The maximum Gasteiger partial charge on any atom is 0.270 e. The lowest BCUT2D eigenvalue weighted by molar-refractivity contribution is -0.385. The topological polar surface area (TPSA) is 112 Å². The van der Waals surface area contributed by atoms with E-state index in [2.05, 4.69) is 9.97 Å². The van der Waals surface area contributed by atoms with Crippen molar-refractivity contribution in [3.8, 4) is 5.75 Å². The van der Waals surface area contributed by atoms with Crippen LogP contribution in [0.5, 0.6) is 5.75 Å². The summed E-state index contributed by atoms with van der Waals surface area (Å²) in [5.74, 6) is 0.802. The normalized spacial score (nSPS) is 14.5. The molecule has 0 saturated carbocycles. The van der Waals surface area contributed by atoms with Crippen molar-refractivity contribution in [2.45, 2.75) is 39.3 Å². The van der Waals surface area contributed by atoms with Gasteiger partial charge in [0.25, 0.3) is 11.2 Å². The molecule has 25 heavy (non-hydrogen) atoms. The molecule has 1 aliphatic heterocycles. The summed E-state index contributed by atoms with van der Waals surface area (Å²) in [6.45, 7) is 5.39. The Bertz CT molecular complexity index is 875. The summed E-state index contributed by atoms with van der Waals surface area (Å²) in [5.41, 5.74) is 1.78. The second-order valence-electron chi connectivity index (χ2n) is 6.56. The first-order chi connectivity index (χ1) is 11.8. The van der Waals surface area contributed by atoms with Crippen LogP contribution in [-0.4, -0.2) is 31.4 Å². The summed E-state index contributed by atoms with van der Waals surface area (Å²) in [7, 11) is 0. The van der Waals surface area contributed by atoms with Gasteiger partial charge in [-0.1, -0.05) is 13.8 Å². The van der Waals surface area contributed by atoms with Gasteiger partial charge in [0.15, 0.2) is 0 Å². The van der Waals surface area contributed by atoms with Crippen molar-refractivity contribution >= 4 is 5.69 Å². The Labute approximate surface area is 144 Å². The first-order valence-electron chi connectivity index (χ1n) is 8.15. The van der Waals surface area contributed by atoms with Crippen LogP contribution in [-0.2, 0) is 19.5 Å². The van der Waals surface area contributed by atoms with Gasteiger partial charge in [0, 0.05) is 48.8 Å². The number of nitrogens with zero attached hydrogens (tertiary/aromatic N) is 3. The molecule has 0 aliphatic carbocycles. The molecular weight excluding hydrogens is 324 g/mol. The molecular formula is C17H20N4O4. The average Bonchev–Trinajstić information content (AvgIpc) is 2.56. The van der Waals surface area contributed by atoms with Crippen LogP contribution in [0.2, 0.25) is 0 Å². The van der Waals surface area contributed by atoms with E-state index in [0.717, 1.165) is 5.69 Å². The molecule has 0 bridgehead atoms. The van der Waals surface area contributed by atoms with Gasteiger partial charge in [-0.2, -0.15) is 0 Å². The lowest BCUT2D eigenvalue weighted by Gasteiger charge is -2.28. The first-order valence-corrected chi connectivity index (χ1v) is 8.15. The molecule has 132 valence electrons. The largest absolute Gasteiger partial charge is 0.508 e. The molecule has 2 N–H and O–H groups in total. The molecule has 0 unspecified atom stereocenters. The zero-order chi connectivity index (χ0) is 18.1. The van der Waals surface area contributed by atoms with Gasteiger partial charge in [0.05, 0.1) is 10.6 Å². The van der Waals surface area contributed by atoms with Gasteiger partial charge in [-0.05, 0) is 12.5 Å². The van der Waals surface area contributed by atoms with E-state index in [-0.39, 0.29) is 22.9 Å². The third-order valence-corrected chi connectivity index (χ3v) is 4.39. The Hall–Kier alpha value is -2.74. The van der Waals surface area contributed by atoms with E-state index in [1.54, 1.807) is 0 Å². The van der Waals surface area contributed by atoms with Crippen LogP contribution in [0.4, 0.5) is 5.69 Å². The summed E-state index contributed by atoms with van der Waals surface area (Å²) >= 11 is 0. The van der Waals surface area contributed by atoms with Crippen LogP contribution in [0.3, 0.4) is 0 Å². The van der Waals surface area contributed by atoms with Crippen molar-refractivity contribution < 1.29 is 10.0 Å². The number of H-pyrrole nitrogens is 1. The number of rotatable bonds is 4. The predicted molar refractivity (Wildman–Crippen MR) is 91.5 cm³/mol. The molecule has 3 rings (SSSR count). The molecule has 0 saturated heterocycles. The summed E-state index contributed by atoms with van der Waals surface area (Å²) in [6, 6.07) is 4.00. The zero-order valence-corrected chi connectivity index (χ0v) is 14.2. The van der Waals surface area contributed by atoms with Gasteiger partial charge in [-0.15, -0.1) is 0 Å². The van der Waals surface area contributed by atoms with Crippen LogP contribution < -0.4 is 5.56 Å². The highest BCUT2D eigenvalue weighted by atomic mass is 16.6. The number of phenolic OH excluding ortho intramolecular Hbond substituents is 1. The third kappa shape index (κ3) is 3.53. The number of nitrogens with one attached hydrogen (secondary N) is 1. The Balaban J connectivity index is 1.85. The standard InChI is InChI=1S/C17H20N4O4/c1-10(2)16-18-14-9-20(6-5-13(14)17(23)19-16)8-11-7-12(21(24)25)3-4-15(11)22/h3-4,7,10,22H,5-6,8-9H2,1-2H3,(H,18,19,23). The summed E-state index contributed by atoms with van der Waals surface area (Å²) < 4.78 is 0. The number of aromatic nitrogens is 2. The number of hydrogen-bond donors (Lipinski definition) is 2. The Morgan fingerprint density at radius 2 is 2.20 bits per heavy atom. The second-order valence-corrected chi connectivity index (χ2v) is 6.56. The number of aromatic hydroxyl groups is 1. The maximum absolute atomic E-state index is 12.2. The van der Waals surface area contributed by atoms with Crippen LogP contribution in [0, 0.1) is 10.1 Å². The quantitative estimate of drug-likeness (QED) is 0.648. The van der Waals surface area contributed by atoms with Crippen molar-refractivity contribution in [2.24, 2.45) is 0 Å². The summed E-state index contributed by atoms with van der Waals surface area (Å²) in [4.78, 5) is 32.1. The minimum Gasteiger partial charge on any atom is -0.508 e. The molecule has 8 heteroatoms.